The minimum absolute atomic E-state index is 0.110. The second kappa shape index (κ2) is 6.11. The molecule has 0 radical (unpaired) electrons. The maximum atomic E-state index is 13.8. The molecule has 5 rings (SSSR count). The summed E-state index contributed by atoms with van der Waals surface area (Å²) in [6.07, 6.45) is 13.8. The molecule has 0 amide bonds. The fraction of sp³-hybridized carbons (Fsp3) is 0.600. The predicted molar refractivity (Wildman–Crippen MR) is 109 cm³/mol. The van der Waals surface area contributed by atoms with Crippen LogP contribution in [0.3, 0.4) is 0 Å². The van der Waals surface area contributed by atoms with Gasteiger partial charge in [-0.15, -0.1) is 0 Å². The summed E-state index contributed by atoms with van der Waals surface area (Å²) < 4.78 is 13.8. The minimum Gasteiger partial charge on any atom is -0.295 e. The summed E-state index contributed by atoms with van der Waals surface area (Å²) in [6, 6.07) is 1.65. The number of carbonyl (C=O) groups is 1. The molecule has 148 valence electrons. The summed E-state index contributed by atoms with van der Waals surface area (Å²) in [6.45, 7) is 7.16. The third-order valence-electron chi connectivity index (χ3n) is 8.88. The molecule has 0 aliphatic heterocycles. The zero-order valence-electron chi connectivity index (χ0n) is 17.2. The summed E-state index contributed by atoms with van der Waals surface area (Å²) in [5, 5.41) is 0. The van der Waals surface area contributed by atoms with Gasteiger partial charge in [-0.3, -0.25) is 9.78 Å². The van der Waals surface area contributed by atoms with Crippen LogP contribution in [-0.2, 0) is 4.79 Å². The number of aromatic nitrogens is 1. The van der Waals surface area contributed by atoms with Gasteiger partial charge in [-0.05, 0) is 89.9 Å². The van der Waals surface area contributed by atoms with Gasteiger partial charge in [0.1, 0.15) is 5.82 Å². The number of ketones is 1. The Morgan fingerprint density at radius 2 is 1.96 bits per heavy atom. The van der Waals surface area contributed by atoms with Gasteiger partial charge in [0, 0.05) is 12.6 Å². The van der Waals surface area contributed by atoms with Gasteiger partial charge >= 0.3 is 0 Å². The summed E-state index contributed by atoms with van der Waals surface area (Å²) in [5.74, 6) is 2.51. The van der Waals surface area contributed by atoms with Crippen molar-refractivity contribution in [2.24, 2.45) is 34.5 Å². The van der Waals surface area contributed by atoms with E-state index in [0.29, 0.717) is 35.9 Å². The molecular formula is C25H30FNO. The average Bonchev–Trinajstić information content (AvgIpc) is 3.01. The molecule has 1 heterocycles. The van der Waals surface area contributed by atoms with Crippen molar-refractivity contribution in [3.05, 3.63) is 47.6 Å². The predicted octanol–water partition coefficient (Wildman–Crippen LogP) is 5.99. The molecular weight excluding hydrogens is 349 g/mol. The van der Waals surface area contributed by atoms with Crippen LogP contribution in [-0.4, -0.2) is 10.8 Å². The lowest BCUT2D eigenvalue weighted by Gasteiger charge is -2.59. The first-order valence-corrected chi connectivity index (χ1v) is 10.9. The zero-order valence-corrected chi connectivity index (χ0v) is 17.2. The monoisotopic (exact) mass is 379 g/mol. The Bertz CT molecular complexity index is 902. The fourth-order valence-corrected chi connectivity index (χ4v) is 7.56. The molecule has 1 aromatic heterocycles. The van der Waals surface area contributed by atoms with E-state index in [2.05, 4.69) is 31.8 Å². The highest BCUT2D eigenvalue weighted by molar-refractivity contribution is 5.91. The lowest BCUT2D eigenvalue weighted by atomic mass is 9.45. The number of hydrogen-bond acceptors (Lipinski definition) is 2. The summed E-state index contributed by atoms with van der Waals surface area (Å²) in [7, 11) is 0. The molecule has 0 spiro atoms. The number of nitrogens with zero attached hydrogens (tertiary/aromatic N) is 1. The van der Waals surface area contributed by atoms with E-state index in [1.165, 1.54) is 30.2 Å². The Labute approximate surface area is 167 Å². The SMILES string of the molecule is CC1C[C@@H]2[C@H](CC[C@]3(C)C(c4cncc(F)c4)=CC[C@@H]23)[C@@]2(C)CCC(=O)C=C12. The normalized spacial score (nSPS) is 42.2. The highest BCUT2D eigenvalue weighted by Crippen LogP contribution is 2.67. The highest BCUT2D eigenvalue weighted by atomic mass is 19.1. The number of rotatable bonds is 1. The van der Waals surface area contributed by atoms with Gasteiger partial charge in [0.05, 0.1) is 6.20 Å². The maximum Gasteiger partial charge on any atom is 0.155 e. The van der Waals surface area contributed by atoms with Crippen LogP contribution in [0.15, 0.2) is 36.2 Å². The number of pyridine rings is 1. The Kier molecular flexibility index (Phi) is 3.99. The summed E-state index contributed by atoms with van der Waals surface area (Å²) in [5.41, 5.74) is 3.98. The molecule has 28 heavy (non-hydrogen) atoms. The second-order valence-corrected chi connectivity index (χ2v) is 10.2. The van der Waals surface area contributed by atoms with Gasteiger partial charge in [-0.1, -0.05) is 32.4 Å². The lowest BCUT2D eigenvalue weighted by Crippen LogP contribution is -2.51. The van der Waals surface area contributed by atoms with Gasteiger partial charge in [0.15, 0.2) is 5.78 Å². The Morgan fingerprint density at radius 3 is 2.75 bits per heavy atom. The van der Waals surface area contributed by atoms with E-state index in [1.54, 1.807) is 6.07 Å². The van der Waals surface area contributed by atoms with Gasteiger partial charge < -0.3 is 0 Å². The van der Waals surface area contributed by atoms with Crippen LogP contribution in [0, 0.1) is 40.3 Å². The highest BCUT2D eigenvalue weighted by Gasteiger charge is 2.58. The lowest BCUT2D eigenvalue weighted by molar-refractivity contribution is -0.117. The number of halogens is 1. The van der Waals surface area contributed by atoms with Crippen LogP contribution >= 0.6 is 0 Å². The number of hydrogen-bond donors (Lipinski definition) is 0. The Hall–Kier alpha value is -1.77. The first kappa shape index (κ1) is 18.3. The molecule has 4 aliphatic rings. The molecule has 0 bridgehead atoms. The molecule has 2 nitrogen and oxygen atoms in total. The third kappa shape index (κ3) is 2.44. The van der Waals surface area contributed by atoms with Gasteiger partial charge in [-0.2, -0.15) is 0 Å². The molecule has 1 unspecified atom stereocenters. The van der Waals surface area contributed by atoms with Crippen molar-refractivity contribution in [3.8, 4) is 0 Å². The van der Waals surface area contributed by atoms with Crippen LogP contribution in [0.2, 0.25) is 0 Å². The van der Waals surface area contributed by atoms with Crippen molar-refractivity contribution >= 4 is 11.4 Å². The zero-order chi connectivity index (χ0) is 19.7. The molecule has 1 aromatic rings. The fourth-order valence-electron chi connectivity index (χ4n) is 7.56. The van der Waals surface area contributed by atoms with Gasteiger partial charge in [-0.25, -0.2) is 4.39 Å². The maximum absolute atomic E-state index is 13.8. The van der Waals surface area contributed by atoms with Crippen molar-refractivity contribution in [2.45, 2.75) is 59.3 Å². The number of allylic oxidation sites excluding steroid dienone is 4. The minimum atomic E-state index is -0.250. The third-order valence-corrected chi connectivity index (χ3v) is 8.88. The van der Waals surface area contributed by atoms with Crippen molar-refractivity contribution in [2.75, 3.05) is 0 Å². The van der Waals surface area contributed by atoms with Crippen molar-refractivity contribution in [3.63, 3.8) is 0 Å². The van der Waals surface area contributed by atoms with E-state index >= 15 is 0 Å². The Balaban J connectivity index is 1.50. The topological polar surface area (TPSA) is 30.0 Å². The first-order chi connectivity index (χ1) is 13.3. The molecule has 2 saturated carbocycles. The quantitative estimate of drug-likeness (QED) is 0.600. The van der Waals surface area contributed by atoms with E-state index in [1.807, 2.05) is 12.3 Å². The smallest absolute Gasteiger partial charge is 0.155 e. The summed E-state index contributed by atoms with van der Waals surface area (Å²) in [4.78, 5) is 16.2. The van der Waals surface area contributed by atoms with E-state index in [9.17, 15) is 9.18 Å². The molecule has 4 aliphatic carbocycles. The molecule has 6 atom stereocenters. The number of fused-ring (bicyclic) bond motifs is 5. The van der Waals surface area contributed by atoms with Crippen molar-refractivity contribution in [1.82, 2.24) is 4.98 Å². The van der Waals surface area contributed by atoms with E-state index in [0.717, 1.165) is 24.8 Å². The van der Waals surface area contributed by atoms with E-state index in [-0.39, 0.29) is 16.6 Å². The second-order valence-electron chi connectivity index (χ2n) is 10.2. The molecule has 0 saturated heterocycles. The van der Waals surface area contributed by atoms with Gasteiger partial charge in [0.2, 0.25) is 0 Å². The van der Waals surface area contributed by atoms with Crippen LogP contribution < -0.4 is 0 Å². The van der Waals surface area contributed by atoms with Crippen LogP contribution in [0.25, 0.3) is 5.57 Å². The molecule has 3 heteroatoms. The number of carbonyl (C=O) groups excluding carboxylic acids is 1. The Morgan fingerprint density at radius 1 is 1.14 bits per heavy atom. The average molecular weight is 380 g/mol. The van der Waals surface area contributed by atoms with Crippen LogP contribution in [0.5, 0.6) is 0 Å². The standard InChI is InChI=1S/C25H30FNO/c1-15-10-19-21-5-4-20(16-11-17(26)14-27-13-16)24(21,2)9-7-22(19)25(3)8-6-18(28)12-23(15)25/h4,11-15,19,21-22H,5-10H2,1-3H3/t15?,19-,21-,22-,24+,25+/m0/s1. The molecule has 0 aromatic carbocycles. The van der Waals surface area contributed by atoms with E-state index < -0.39 is 0 Å². The van der Waals surface area contributed by atoms with Crippen LogP contribution in [0.4, 0.5) is 4.39 Å². The summed E-state index contributed by atoms with van der Waals surface area (Å²) >= 11 is 0. The van der Waals surface area contributed by atoms with Crippen molar-refractivity contribution < 1.29 is 9.18 Å². The van der Waals surface area contributed by atoms with E-state index in [4.69, 9.17) is 0 Å². The first-order valence-electron chi connectivity index (χ1n) is 10.9. The van der Waals surface area contributed by atoms with Crippen molar-refractivity contribution in [1.29, 1.82) is 0 Å². The van der Waals surface area contributed by atoms with Crippen LogP contribution in [0.1, 0.15) is 64.9 Å². The molecule has 2 fully saturated rings. The van der Waals surface area contributed by atoms with Gasteiger partial charge in [0.25, 0.3) is 0 Å². The largest absolute Gasteiger partial charge is 0.295 e. The molecule has 0 N–H and O–H groups in total.